The van der Waals surface area contributed by atoms with Gasteiger partial charge in [-0.25, -0.2) is 13.6 Å². The second kappa shape index (κ2) is 9.88. The van der Waals surface area contributed by atoms with E-state index in [0.29, 0.717) is 6.07 Å². The van der Waals surface area contributed by atoms with Gasteiger partial charge >= 0.3 is 12.1 Å². The van der Waals surface area contributed by atoms with Gasteiger partial charge in [-0.05, 0) is 66.2 Å². The van der Waals surface area contributed by atoms with Gasteiger partial charge in [0.05, 0.1) is 29.7 Å². The third-order valence-electron chi connectivity index (χ3n) is 5.82. The predicted octanol–water partition coefficient (Wildman–Crippen LogP) is 6.70. The van der Waals surface area contributed by atoms with Crippen LogP contribution in [0.1, 0.15) is 43.5 Å². The zero-order chi connectivity index (χ0) is 26.9. The standard InChI is InChI=1S/C27H18F5NO4/c1-37-23-9-5-14(18-12-15(26(35)36)4-8-20(18)28)11-19(23)24(22-3-2-10-33-22)25(34)17-7-6-16(13-21(17)29)27(30,31)32/h2-13,24,33H,1H3,(H,35,36). The number of nitrogens with one attached hydrogen (secondary N) is 1. The number of H-pyrrole nitrogens is 1. The Balaban J connectivity index is 1.89. The summed E-state index contributed by atoms with van der Waals surface area (Å²) in [6.45, 7) is 0. The van der Waals surface area contributed by atoms with Gasteiger partial charge in [0.25, 0.3) is 0 Å². The first kappa shape index (κ1) is 25.6. The summed E-state index contributed by atoms with van der Waals surface area (Å²) in [5, 5.41) is 9.29. The molecule has 0 amide bonds. The average Bonchev–Trinajstić information content (AvgIpc) is 3.38. The number of ketones is 1. The smallest absolute Gasteiger partial charge is 0.416 e. The molecule has 10 heteroatoms. The van der Waals surface area contributed by atoms with Crippen LogP contribution >= 0.6 is 0 Å². The van der Waals surface area contributed by atoms with E-state index in [1.54, 1.807) is 6.07 Å². The molecule has 1 unspecified atom stereocenters. The number of ether oxygens (including phenoxy) is 1. The number of hydrogen-bond donors (Lipinski definition) is 2. The van der Waals surface area contributed by atoms with Crippen LogP contribution in [0.4, 0.5) is 22.0 Å². The Morgan fingerprint density at radius 2 is 1.70 bits per heavy atom. The van der Waals surface area contributed by atoms with Crippen LogP contribution in [0.5, 0.6) is 5.75 Å². The van der Waals surface area contributed by atoms with Crippen molar-refractivity contribution in [3.8, 4) is 16.9 Å². The summed E-state index contributed by atoms with van der Waals surface area (Å²) in [5.74, 6) is -5.33. The molecule has 4 rings (SSSR count). The van der Waals surface area contributed by atoms with Crippen LogP contribution in [0.25, 0.3) is 11.1 Å². The van der Waals surface area contributed by atoms with Crippen LogP contribution in [0.3, 0.4) is 0 Å². The number of halogens is 5. The zero-order valence-electron chi connectivity index (χ0n) is 19.1. The van der Waals surface area contributed by atoms with Crippen LogP contribution in [-0.2, 0) is 6.18 Å². The van der Waals surface area contributed by atoms with Crippen LogP contribution < -0.4 is 4.74 Å². The molecule has 0 saturated carbocycles. The molecule has 1 heterocycles. The minimum Gasteiger partial charge on any atom is -0.496 e. The Morgan fingerprint density at radius 3 is 2.30 bits per heavy atom. The van der Waals surface area contributed by atoms with E-state index < -0.39 is 46.6 Å². The molecule has 37 heavy (non-hydrogen) atoms. The van der Waals surface area contributed by atoms with E-state index >= 15 is 0 Å². The van der Waals surface area contributed by atoms with Crippen molar-refractivity contribution in [1.29, 1.82) is 0 Å². The summed E-state index contributed by atoms with van der Waals surface area (Å²) in [6.07, 6.45) is -3.29. The van der Waals surface area contributed by atoms with Gasteiger partial charge in [0.1, 0.15) is 17.4 Å². The highest BCUT2D eigenvalue weighted by Gasteiger charge is 2.34. The number of Topliss-reactive ketones (excluding diaryl/α,β-unsaturated/α-hetero) is 1. The largest absolute Gasteiger partial charge is 0.496 e. The SMILES string of the molecule is COc1ccc(-c2cc(C(=O)O)ccc2F)cc1C(C(=O)c1ccc(C(F)(F)F)cc1F)c1ccc[nH]1. The maximum atomic E-state index is 14.8. The minimum atomic E-state index is -4.80. The molecule has 0 aliphatic rings. The van der Waals surface area contributed by atoms with Crippen molar-refractivity contribution >= 4 is 11.8 Å². The molecule has 5 nitrogen and oxygen atoms in total. The second-order valence-corrected chi connectivity index (χ2v) is 8.07. The number of methoxy groups -OCH3 is 1. The van der Waals surface area contributed by atoms with Gasteiger partial charge in [0.2, 0.25) is 0 Å². The normalized spacial score (nSPS) is 12.3. The first-order valence-electron chi connectivity index (χ1n) is 10.8. The second-order valence-electron chi connectivity index (χ2n) is 8.07. The Kier molecular flexibility index (Phi) is 6.84. The lowest BCUT2D eigenvalue weighted by Gasteiger charge is -2.20. The summed E-state index contributed by atoms with van der Waals surface area (Å²) in [5.41, 5.74) is -1.43. The van der Waals surface area contributed by atoms with Crippen LogP contribution in [-0.4, -0.2) is 29.0 Å². The van der Waals surface area contributed by atoms with Crippen molar-refractivity contribution in [3.63, 3.8) is 0 Å². The lowest BCUT2D eigenvalue weighted by Crippen LogP contribution is -2.18. The number of aromatic nitrogens is 1. The molecule has 0 aliphatic heterocycles. The van der Waals surface area contributed by atoms with Crippen molar-refractivity contribution in [2.24, 2.45) is 0 Å². The minimum absolute atomic E-state index is 0.0674. The highest BCUT2D eigenvalue weighted by Crippen LogP contribution is 2.39. The molecule has 0 fully saturated rings. The van der Waals surface area contributed by atoms with E-state index in [1.807, 2.05) is 0 Å². The highest BCUT2D eigenvalue weighted by molar-refractivity contribution is 6.03. The average molecular weight is 515 g/mol. The molecule has 1 atom stereocenters. The number of carboxylic acids is 1. The Labute approximate surface area is 207 Å². The molecule has 2 N–H and O–H groups in total. The number of hydrogen-bond acceptors (Lipinski definition) is 3. The van der Waals surface area contributed by atoms with E-state index in [9.17, 15) is 36.6 Å². The molecular weight excluding hydrogens is 497 g/mol. The van der Waals surface area contributed by atoms with Crippen molar-refractivity contribution in [3.05, 3.63) is 113 Å². The van der Waals surface area contributed by atoms with Gasteiger partial charge in [-0.1, -0.05) is 6.07 Å². The number of aromatic carboxylic acids is 1. The highest BCUT2D eigenvalue weighted by atomic mass is 19.4. The molecule has 0 radical (unpaired) electrons. The fourth-order valence-corrected chi connectivity index (χ4v) is 4.03. The van der Waals surface area contributed by atoms with E-state index in [-0.39, 0.29) is 39.8 Å². The molecular formula is C27H18F5NO4. The Morgan fingerprint density at radius 1 is 0.946 bits per heavy atom. The summed E-state index contributed by atoms with van der Waals surface area (Å²) in [4.78, 5) is 27.9. The molecule has 0 aliphatic carbocycles. The first-order chi connectivity index (χ1) is 17.5. The van der Waals surface area contributed by atoms with Crippen molar-refractivity contribution < 1.29 is 41.4 Å². The van der Waals surface area contributed by atoms with Crippen molar-refractivity contribution in [2.45, 2.75) is 12.1 Å². The lowest BCUT2D eigenvalue weighted by atomic mass is 9.85. The number of carboxylic acid groups (broad SMARTS) is 1. The van der Waals surface area contributed by atoms with E-state index in [1.165, 1.54) is 37.6 Å². The molecule has 4 aromatic rings. The predicted molar refractivity (Wildman–Crippen MR) is 124 cm³/mol. The molecule has 1 aromatic heterocycles. The summed E-state index contributed by atoms with van der Waals surface area (Å²) in [6, 6.07) is 12.2. The van der Waals surface area contributed by atoms with Crippen LogP contribution in [0.15, 0.2) is 72.9 Å². The lowest BCUT2D eigenvalue weighted by molar-refractivity contribution is -0.137. The number of carbonyl (C=O) groups is 2. The van der Waals surface area contributed by atoms with Gasteiger partial charge in [-0.3, -0.25) is 4.79 Å². The summed E-state index contributed by atoms with van der Waals surface area (Å²) in [7, 11) is 1.32. The third kappa shape index (κ3) is 5.09. The van der Waals surface area contributed by atoms with Gasteiger partial charge < -0.3 is 14.8 Å². The van der Waals surface area contributed by atoms with E-state index in [0.717, 1.165) is 24.3 Å². The molecule has 0 saturated heterocycles. The Bertz CT molecular complexity index is 1480. The first-order valence-corrected chi connectivity index (χ1v) is 10.8. The Hall–Kier alpha value is -4.47. The summed E-state index contributed by atoms with van der Waals surface area (Å²) < 4.78 is 73.9. The molecule has 3 aromatic carbocycles. The van der Waals surface area contributed by atoms with Gasteiger partial charge in [-0.15, -0.1) is 0 Å². The van der Waals surface area contributed by atoms with Gasteiger partial charge in [0, 0.05) is 23.0 Å². The number of aromatic amines is 1. The number of alkyl halides is 3. The fourth-order valence-electron chi connectivity index (χ4n) is 4.03. The number of benzene rings is 3. The van der Waals surface area contributed by atoms with E-state index in [2.05, 4.69) is 4.98 Å². The topological polar surface area (TPSA) is 79.4 Å². The van der Waals surface area contributed by atoms with Crippen molar-refractivity contribution in [1.82, 2.24) is 4.98 Å². The maximum absolute atomic E-state index is 14.8. The van der Waals surface area contributed by atoms with E-state index in [4.69, 9.17) is 4.74 Å². The maximum Gasteiger partial charge on any atom is 0.416 e. The summed E-state index contributed by atoms with van der Waals surface area (Å²) >= 11 is 0. The zero-order valence-corrected chi connectivity index (χ0v) is 19.1. The van der Waals surface area contributed by atoms with Crippen LogP contribution in [0, 0.1) is 11.6 Å². The molecule has 0 bridgehead atoms. The number of rotatable bonds is 7. The monoisotopic (exact) mass is 515 g/mol. The fraction of sp³-hybridized carbons (Fsp3) is 0.111. The molecule has 190 valence electrons. The van der Waals surface area contributed by atoms with Crippen LogP contribution in [0.2, 0.25) is 0 Å². The van der Waals surface area contributed by atoms with Gasteiger partial charge in [0.15, 0.2) is 5.78 Å². The molecule has 0 spiro atoms. The van der Waals surface area contributed by atoms with Crippen molar-refractivity contribution in [2.75, 3.05) is 7.11 Å². The third-order valence-corrected chi connectivity index (χ3v) is 5.82. The van der Waals surface area contributed by atoms with Gasteiger partial charge in [-0.2, -0.15) is 13.2 Å². The number of carbonyl (C=O) groups excluding carboxylic acids is 1. The quantitative estimate of drug-likeness (QED) is 0.212.